The van der Waals surface area contributed by atoms with E-state index in [1.807, 2.05) is 0 Å². The van der Waals surface area contributed by atoms with Crippen LogP contribution >= 0.6 is 0 Å². The van der Waals surface area contributed by atoms with E-state index in [4.69, 9.17) is 0 Å². The molecular weight excluding hydrogens is 318 g/mol. The number of aromatic amines is 1. The van der Waals surface area contributed by atoms with Gasteiger partial charge in [0, 0.05) is 13.0 Å². The average molecular weight is 336 g/mol. The minimum Gasteiger partial charge on any atom is -0.382 e. The Labute approximate surface area is 137 Å². The summed E-state index contributed by atoms with van der Waals surface area (Å²) in [6.45, 7) is 0.634. The third-order valence-electron chi connectivity index (χ3n) is 4.33. The van der Waals surface area contributed by atoms with Gasteiger partial charge >= 0.3 is 0 Å². The molecule has 1 atom stereocenters. The highest BCUT2D eigenvalue weighted by Gasteiger charge is 2.38. The molecule has 1 unspecified atom stereocenters. The van der Waals surface area contributed by atoms with E-state index in [1.54, 1.807) is 0 Å². The minimum atomic E-state index is -1.23. The summed E-state index contributed by atoms with van der Waals surface area (Å²) >= 11 is 0. The first-order chi connectivity index (χ1) is 11.5. The number of likely N-dealkylation sites (tertiary alicyclic amines) is 1. The van der Waals surface area contributed by atoms with E-state index in [0.29, 0.717) is 25.1 Å². The van der Waals surface area contributed by atoms with Gasteiger partial charge < -0.3 is 10.0 Å². The number of carbonyl (C=O) groups excluding carboxylic acids is 1. The summed E-state index contributed by atoms with van der Waals surface area (Å²) in [5, 5.41) is 20.7. The van der Waals surface area contributed by atoms with Crippen LogP contribution in [0.15, 0.2) is 24.4 Å². The van der Waals surface area contributed by atoms with Crippen LogP contribution in [0.25, 0.3) is 0 Å². The molecular formula is C16H18F2N4O2. The maximum absolute atomic E-state index is 13.6. The lowest BCUT2D eigenvalue weighted by molar-refractivity contribution is -0.139. The minimum absolute atomic E-state index is 0.0509. The second-order valence-corrected chi connectivity index (χ2v) is 6.04. The third-order valence-corrected chi connectivity index (χ3v) is 4.33. The molecule has 6 nitrogen and oxygen atoms in total. The zero-order chi connectivity index (χ0) is 17.2. The van der Waals surface area contributed by atoms with Crippen molar-refractivity contribution in [3.63, 3.8) is 0 Å². The lowest BCUT2D eigenvalue weighted by atomic mass is 9.90. The van der Waals surface area contributed by atoms with Gasteiger partial charge in [-0.3, -0.25) is 4.79 Å². The van der Waals surface area contributed by atoms with Crippen molar-refractivity contribution in [2.75, 3.05) is 13.1 Å². The molecule has 2 aromatic rings. The lowest BCUT2D eigenvalue weighted by Crippen LogP contribution is -2.48. The Kier molecular flexibility index (Phi) is 4.57. The molecule has 3 rings (SSSR count). The van der Waals surface area contributed by atoms with Crippen LogP contribution in [0.2, 0.25) is 0 Å². The van der Waals surface area contributed by atoms with Gasteiger partial charge in [0.05, 0.1) is 12.7 Å². The average Bonchev–Trinajstić information content (AvgIpc) is 3.11. The van der Waals surface area contributed by atoms with Crippen molar-refractivity contribution in [1.29, 1.82) is 0 Å². The van der Waals surface area contributed by atoms with Crippen molar-refractivity contribution in [3.8, 4) is 0 Å². The van der Waals surface area contributed by atoms with Crippen LogP contribution in [0, 0.1) is 11.6 Å². The van der Waals surface area contributed by atoms with Crippen molar-refractivity contribution in [3.05, 3.63) is 47.3 Å². The van der Waals surface area contributed by atoms with Crippen LogP contribution in [0.4, 0.5) is 8.78 Å². The predicted molar refractivity (Wildman–Crippen MR) is 80.8 cm³/mol. The van der Waals surface area contributed by atoms with Gasteiger partial charge in [-0.05, 0) is 43.0 Å². The number of nitrogens with zero attached hydrogens (tertiary/aromatic N) is 3. The number of aryl methyl sites for hydroxylation is 1. The maximum Gasteiger partial charge on any atom is 0.223 e. The number of hydrogen-bond acceptors (Lipinski definition) is 4. The molecule has 0 radical (unpaired) electrons. The van der Waals surface area contributed by atoms with Crippen molar-refractivity contribution < 1.29 is 18.7 Å². The lowest BCUT2D eigenvalue weighted by Gasteiger charge is -2.38. The van der Waals surface area contributed by atoms with Crippen molar-refractivity contribution in [2.45, 2.75) is 31.3 Å². The molecule has 1 aromatic carbocycles. The summed E-state index contributed by atoms with van der Waals surface area (Å²) in [6.07, 6.45) is 2.72. The van der Waals surface area contributed by atoms with E-state index in [0.717, 1.165) is 18.2 Å². The largest absolute Gasteiger partial charge is 0.382 e. The Morgan fingerprint density at radius 1 is 1.42 bits per heavy atom. The van der Waals surface area contributed by atoms with Crippen LogP contribution in [-0.4, -0.2) is 44.4 Å². The number of piperidine rings is 1. The van der Waals surface area contributed by atoms with E-state index >= 15 is 0 Å². The van der Waals surface area contributed by atoms with Crippen molar-refractivity contribution >= 4 is 5.91 Å². The maximum atomic E-state index is 13.6. The summed E-state index contributed by atoms with van der Waals surface area (Å²) in [5.74, 6) is -1.26. The smallest absolute Gasteiger partial charge is 0.223 e. The quantitative estimate of drug-likeness (QED) is 0.887. The number of H-pyrrole nitrogens is 1. The Hall–Kier alpha value is -2.35. The predicted octanol–water partition coefficient (Wildman–Crippen LogP) is 1.53. The summed E-state index contributed by atoms with van der Waals surface area (Å²) in [7, 11) is 0. The second-order valence-electron chi connectivity index (χ2n) is 6.04. The number of aliphatic hydroxyl groups is 1. The molecule has 24 heavy (non-hydrogen) atoms. The van der Waals surface area contributed by atoms with E-state index in [2.05, 4.69) is 15.4 Å². The van der Waals surface area contributed by atoms with Gasteiger partial charge in [0.25, 0.3) is 0 Å². The molecule has 8 heteroatoms. The standard InChI is InChI=1S/C16H18F2N4O2/c17-12-3-4-13(18)11(8-12)2-5-15(23)22-7-1-6-16(24,10-22)14-9-19-21-20-14/h3-4,8-9,24H,1-2,5-7,10H2,(H,19,20,21). The van der Waals surface area contributed by atoms with Gasteiger partial charge in [-0.15, -0.1) is 0 Å². The summed E-state index contributed by atoms with van der Waals surface area (Å²) in [5.41, 5.74) is -0.659. The number of rotatable bonds is 4. The van der Waals surface area contributed by atoms with Gasteiger partial charge in [0.15, 0.2) is 0 Å². The number of aromatic nitrogens is 3. The van der Waals surface area contributed by atoms with Crippen LogP contribution in [0.1, 0.15) is 30.5 Å². The first kappa shape index (κ1) is 16.5. The number of benzene rings is 1. The third kappa shape index (κ3) is 3.43. The molecule has 0 saturated carbocycles. The van der Waals surface area contributed by atoms with E-state index in [9.17, 15) is 18.7 Å². The number of β-amino-alcohol motifs (C(OH)–C–C–N with tert-alkyl or cyclic N) is 1. The summed E-state index contributed by atoms with van der Waals surface area (Å²) in [4.78, 5) is 13.9. The Bertz CT molecular complexity index is 723. The SMILES string of the molecule is O=C(CCc1cc(F)ccc1F)N1CCCC(O)(c2cn[nH]n2)C1. The summed E-state index contributed by atoms with van der Waals surface area (Å²) < 4.78 is 26.8. The fourth-order valence-electron chi connectivity index (χ4n) is 3.02. The first-order valence-corrected chi connectivity index (χ1v) is 7.78. The fraction of sp³-hybridized carbons (Fsp3) is 0.438. The van der Waals surface area contributed by atoms with Crippen LogP contribution in [-0.2, 0) is 16.8 Å². The van der Waals surface area contributed by atoms with Gasteiger partial charge in [-0.2, -0.15) is 15.4 Å². The number of nitrogens with one attached hydrogen (secondary N) is 1. The highest BCUT2D eigenvalue weighted by atomic mass is 19.1. The molecule has 2 N–H and O–H groups in total. The van der Waals surface area contributed by atoms with Crippen molar-refractivity contribution in [2.24, 2.45) is 0 Å². The summed E-state index contributed by atoms with van der Waals surface area (Å²) in [6, 6.07) is 3.20. The van der Waals surface area contributed by atoms with Gasteiger partial charge in [0.1, 0.15) is 22.9 Å². The zero-order valence-corrected chi connectivity index (χ0v) is 13.0. The first-order valence-electron chi connectivity index (χ1n) is 7.78. The molecule has 1 fully saturated rings. The number of hydrogen-bond donors (Lipinski definition) is 2. The molecule has 0 aliphatic carbocycles. The zero-order valence-electron chi connectivity index (χ0n) is 13.0. The molecule has 1 amide bonds. The number of amides is 1. The van der Waals surface area contributed by atoms with Gasteiger partial charge in [0.2, 0.25) is 5.91 Å². The molecule has 128 valence electrons. The highest BCUT2D eigenvalue weighted by Crippen LogP contribution is 2.30. The monoisotopic (exact) mass is 336 g/mol. The Balaban J connectivity index is 1.64. The van der Waals surface area contributed by atoms with Crippen LogP contribution < -0.4 is 0 Å². The molecule has 1 aliphatic rings. The second kappa shape index (κ2) is 6.64. The molecule has 0 spiro atoms. The van der Waals surface area contributed by atoms with Crippen LogP contribution in [0.5, 0.6) is 0 Å². The molecule has 2 heterocycles. The van der Waals surface area contributed by atoms with Gasteiger partial charge in [-0.1, -0.05) is 0 Å². The van der Waals surface area contributed by atoms with Gasteiger partial charge in [-0.25, -0.2) is 8.78 Å². The van der Waals surface area contributed by atoms with E-state index in [-0.39, 0.29) is 30.9 Å². The Morgan fingerprint density at radius 2 is 2.25 bits per heavy atom. The normalized spacial score (nSPS) is 21.0. The Morgan fingerprint density at radius 3 is 3.00 bits per heavy atom. The molecule has 0 bridgehead atoms. The van der Waals surface area contributed by atoms with Crippen LogP contribution in [0.3, 0.4) is 0 Å². The molecule has 1 saturated heterocycles. The van der Waals surface area contributed by atoms with E-state index < -0.39 is 17.2 Å². The number of carbonyl (C=O) groups is 1. The molecule has 1 aromatic heterocycles. The highest BCUT2D eigenvalue weighted by molar-refractivity contribution is 5.76. The van der Waals surface area contributed by atoms with Crippen molar-refractivity contribution in [1.82, 2.24) is 20.3 Å². The topological polar surface area (TPSA) is 82.1 Å². The number of halogens is 2. The fourth-order valence-corrected chi connectivity index (χ4v) is 3.02. The molecule has 1 aliphatic heterocycles. The van der Waals surface area contributed by atoms with E-state index in [1.165, 1.54) is 11.1 Å².